The number of allylic oxidation sites excluding steroid dienone is 2. The molecule has 0 saturated carbocycles. The molecule has 6 rings (SSSR count). The SMILES string of the molecule is CCC1=Cc2c(-c3ccc(C(C)CC)cc3)cccc2[CH]1[Zr]([Cl])([Cl])([CH]1C(C)=Cc2c(-c3ccc(C(C)CC)cc3)cccc21)[SiH](C)C. The van der Waals surface area contributed by atoms with Gasteiger partial charge >= 0.3 is 295 Å². The van der Waals surface area contributed by atoms with Crippen LogP contribution in [0.5, 0.6) is 0 Å². The number of rotatable bonds is 10. The zero-order valence-corrected chi connectivity index (χ0v) is 34.6. The Balaban J connectivity index is 1.48. The van der Waals surface area contributed by atoms with E-state index in [9.17, 15) is 0 Å². The van der Waals surface area contributed by atoms with E-state index in [0.717, 1.165) is 19.3 Å². The molecule has 4 atom stereocenters. The number of hydrogen-bond donors (Lipinski definition) is 0. The van der Waals surface area contributed by atoms with Crippen LogP contribution in [-0.2, 0) is 15.6 Å². The van der Waals surface area contributed by atoms with Crippen LogP contribution in [0.25, 0.3) is 34.4 Å². The van der Waals surface area contributed by atoms with Crippen LogP contribution in [-0.4, -0.2) is 5.92 Å². The Labute approximate surface area is 293 Å². The van der Waals surface area contributed by atoms with E-state index < -0.39 is 21.5 Å². The Morgan fingerprint density at radius 2 is 1.09 bits per heavy atom. The predicted octanol–water partition coefficient (Wildman–Crippen LogP) is 14.0. The van der Waals surface area contributed by atoms with Crippen molar-refractivity contribution < 1.29 is 15.6 Å². The van der Waals surface area contributed by atoms with Crippen LogP contribution in [0.1, 0.15) is 113 Å². The summed E-state index contributed by atoms with van der Waals surface area (Å²) in [4.78, 5) is 0. The normalized spacial score (nSPS) is 19.4. The van der Waals surface area contributed by atoms with Crippen LogP contribution in [0.3, 0.4) is 0 Å². The van der Waals surface area contributed by atoms with Crippen LogP contribution < -0.4 is 0 Å². The van der Waals surface area contributed by atoms with Crippen molar-refractivity contribution in [3.05, 3.63) is 129 Å². The summed E-state index contributed by atoms with van der Waals surface area (Å²) in [6, 6.07) is 32.2. The monoisotopic (exact) mass is 755 g/mol. The number of benzene rings is 4. The standard InChI is InChI=1S/C21H23.C20H21.C2H7Si.2ClH.Zr/c1-4-15(3)17-9-11-18(12-10-17)20-8-6-7-19-13-16(5-2)14-21(19)20;1-4-15(3)16-8-10-17(11-9-16)19-7-5-6-18-12-14(2)13-20(18)19;1-3-2;;;/h6-15H,4-5H2,1-3H3;5-13,15H,4H2,1-3H3;3H,1-2H3;2*1H;/q;;;;;+2/p-2. The van der Waals surface area contributed by atoms with Gasteiger partial charge in [-0.05, 0) is 0 Å². The van der Waals surface area contributed by atoms with Gasteiger partial charge in [0.25, 0.3) is 0 Å². The molecule has 0 N–H and O–H groups in total. The van der Waals surface area contributed by atoms with Gasteiger partial charge in [0.05, 0.1) is 0 Å². The first-order chi connectivity index (χ1) is 22.4. The molecule has 0 aromatic heterocycles. The van der Waals surface area contributed by atoms with Crippen LogP contribution in [0.2, 0.25) is 13.1 Å². The molecule has 0 heterocycles. The summed E-state index contributed by atoms with van der Waals surface area (Å²) in [6.07, 6.45) is 8.15. The van der Waals surface area contributed by atoms with Crippen LogP contribution >= 0.6 is 17.0 Å². The van der Waals surface area contributed by atoms with Crippen molar-refractivity contribution in [3.8, 4) is 22.3 Å². The van der Waals surface area contributed by atoms with Crippen LogP contribution in [0.4, 0.5) is 0 Å². The van der Waals surface area contributed by atoms with Gasteiger partial charge in [-0.3, -0.25) is 0 Å². The van der Waals surface area contributed by atoms with E-state index in [4.69, 9.17) is 17.0 Å². The summed E-state index contributed by atoms with van der Waals surface area (Å²) < 4.78 is 0.216. The second-order valence-electron chi connectivity index (χ2n) is 14.7. The van der Waals surface area contributed by atoms with E-state index in [-0.39, 0.29) is 7.25 Å². The van der Waals surface area contributed by atoms with E-state index in [2.05, 4.69) is 152 Å². The van der Waals surface area contributed by atoms with Crippen LogP contribution in [0.15, 0.2) is 96.1 Å². The summed E-state index contributed by atoms with van der Waals surface area (Å²) in [7, 11) is 17.1. The molecule has 0 radical (unpaired) electrons. The first-order valence-corrected chi connectivity index (χ1v) is 34.2. The Morgan fingerprint density at radius 1 is 0.638 bits per heavy atom. The molecular weight excluding hydrogens is 707 g/mol. The molecule has 0 saturated heterocycles. The molecule has 0 fully saturated rings. The van der Waals surface area contributed by atoms with Gasteiger partial charge in [0.2, 0.25) is 0 Å². The minimum atomic E-state index is -4.75. The van der Waals surface area contributed by atoms with Gasteiger partial charge in [-0.25, -0.2) is 0 Å². The maximum absolute atomic E-state index is 8.56. The van der Waals surface area contributed by atoms with Gasteiger partial charge in [-0.15, -0.1) is 0 Å². The Kier molecular flexibility index (Phi) is 9.94. The average Bonchev–Trinajstić information content (AvgIpc) is 3.66. The van der Waals surface area contributed by atoms with Gasteiger partial charge in [0, 0.05) is 0 Å². The third-order valence-corrected chi connectivity index (χ3v) is 63.9. The fraction of sp³-hybridized carbons (Fsp3) is 0.349. The molecular formula is C43H51Cl2SiZr. The molecule has 245 valence electrons. The minimum absolute atomic E-state index is 0.102. The Hall–Kier alpha value is -1.96. The third-order valence-electron chi connectivity index (χ3n) is 11.9. The molecule has 0 spiro atoms. The van der Waals surface area contributed by atoms with Gasteiger partial charge in [-0.2, -0.15) is 0 Å². The first-order valence-electron chi connectivity index (χ1n) is 17.9. The summed E-state index contributed by atoms with van der Waals surface area (Å²) in [5.74, 6) is -0.465. The van der Waals surface area contributed by atoms with Crippen molar-refractivity contribution in [2.45, 2.75) is 93.0 Å². The van der Waals surface area contributed by atoms with Crippen molar-refractivity contribution in [2.24, 2.45) is 0 Å². The van der Waals surface area contributed by atoms with Gasteiger partial charge in [-0.1, -0.05) is 0 Å². The topological polar surface area (TPSA) is 0 Å². The summed E-state index contributed by atoms with van der Waals surface area (Å²) >= 11 is -4.75. The zero-order chi connectivity index (χ0) is 33.7. The third kappa shape index (κ3) is 5.78. The molecule has 4 heteroatoms. The number of fused-ring (bicyclic) bond motifs is 2. The summed E-state index contributed by atoms with van der Waals surface area (Å²) in [5, 5.41) is 0. The summed E-state index contributed by atoms with van der Waals surface area (Å²) in [5.41, 5.74) is 16.1. The number of halogens is 2. The summed E-state index contributed by atoms with van der Waals surface area (Å²) in [6.45, 7) is 18.6. The van der Waals surface area contributed by atoms with Crippen molar-refractivity contribution in [3.63, 3.8) is 0 Å². The van der Waals surface area contributed by atoms with E-state index in [0.29, 0.717) is 11.8 Å². The van der Waals surface area contributed by atoms with E-state index in [1.54, 1.807) is 0 Å². The average molecular weight is 758 g/mol. The zero-order valence-electron chi connectivity index (χ0n) is 29.5. The van der Waals surface area contributed by atoms with Gasteiger partial charge in [0.1, 0.15) is 0 Å². The second-order valence-corrected chi connectivity index (χ2v) is 57.2. The quantitative estimate of drug-likeness (QED) is 0.141. The van der Waals surface area contributed by atoms with E-state index in [1.807, 2.05) is 0 Å². The fourth-order valence-corrected chi connectivity index (χ4v) is 40.9. The Bertz CT molecular complexity index is 1850. The number of hydrogen-bond acceptors (Lipinski definition) is 0. The molecule has 0 bridgehead atoms. The molecule has 2 aliphatic rings. The van der Waals surface area contributed by atoms with Crippen molar-refractivity contribution in [1.29, 1.82) is 0 Å². The molecule has 0 amide bonds. The maximum atomic E-state index is 8.56. The van der Waals surface area contributed by atoms with Crippen LogP contribution in [0, 0.1) is 0 Å². The first kappa shape index (κ1) is 34.9. The van der Waals surface area contributed by atoms with Crippen molar-refractivity contribution in [1.82, 2.24) is 0 Å². The fourth-order valence-electron chi connectivity index (χ4n) is 8.50. The Morgan fingerprint density at radius 3 is 1.51 bits per heavy atom. The molecule has 4 aromatic rings. The molecule has 0 nitrogen and oxygen atoms in total. The van der Waals surface area contributed by atoms with Gasteiger partial charge < -0.3 is 0 Å². The molecule has 4 aromatic carbocycles. The predicted molar refractivity (Wildman–Crippen MR) is 209 cm³/mol. The van der Waals surface area contributed by atoms with Crippen molar-refractivity contribution in [2.75, 3.05) is 0 Å². The van der Waals surface area contributed by atoms with E-state index >= 15 is 0 Å². The van der Waals surface area contributed by atoms with E-state index in [1.165, 1.54) is 66.8 Å². The molecule has 4 unspecified atom stereocenters. The van der Waals surface area contributed by atoms with Crippen molar-refractivity contribution >= 4 is 35.1 Å². The second kappa shape index (κ2) is 13.4. The molecule has 0 aliphatic heterocycles. The molecule has 2 aliphatic carbocycles. The molecule has 47 heavy (non-hydrogen) atoms. The van der Waals surface area contributed by atoms with Gasteiger partial charge in [0.15, 0.2) is 0 Å².